The van der Waals surface area contributed by atoms with Crippen molar-refractivity contribution in [2.24, 2.45) is 5.10 Å². The molecule has 1 N–H and O–H groups in total. The maximum atomic E-state index is 12.1. The molecule has 0 heterocycles. The van der Waals surface area contributed by atoms with Crippen molar-refractivity contribution in [3.63, 3.8) is 0 Å². The number of hydrogen-bond acceptors (Lipinski definition) is 4. The summed E-state index contributed by atoms with van der Waals surface area (Å²) in [6, 6.07) is 11.5. The van der Waals surface area contributed by atoms with Crippen LogP contribution in [-0.2, 0) is 11.2 Å². The normalized spacial score (nSPS) is 10.8. The lowest BCUT2D eigenvalue weighted by atomic mass is 10.0. The van der Waals surface area contributed by atoms with E-state index in [1.807, 2.05) is 57.2 Å². The fourth-order valence-corrected chi connectivity index (χ4v) is 2.47. The van der Waals surface area contributed by atoms with Gasteiger partial charge in [0.2, 0.25) is 5.91 Å². The van der Waals surface area contributed by atoms with Crippen molar-refractivity contribution in [3.8, 4) is 11.5 Å². The maximum Gasteiger partial charge on any atom is 0.244 e. The molecule has 2 aromatic carbocycles. The van der Waals surface area contributed by atoms with Crippen molar-refractivity contribution >= 4 is 12.1 Å². The van der Waals surface area contributed by atoms with E-state index < -0.39 is 0 Å². The standard InChI is InChI=1S/C21H26N2O3/c1-5-25-19-10-9-18(20(13-19)26-6-2)14-22-23-21(24)12-17-8-7-15(3)16(4)11-17/h7-11,13-14H,5-6,12H2,1-4H3,(H,23,24)/b22-14-. The molecule has 0 aliphatic rings. The first-order valence-corrected chi connectivity index (χ1v) is 8.81. The second kappa shape index (κ2) is 9.61. The van der Waals surface area contributed by atoms with Gasteiger partial charge in [0.1, 0.15) is 11.5 Å². The van der Waals surface area contributed by atoms with Crippen LogP contribution in [-0.4, -0.2) is 25.3 Å². The van der Waals surface area contributed by atoms with E-state index in [9.17, 15) is 4.79 Å². The number of carbonyl (C=O) groups excluding carboxylic acids is 1. The summed E-state index contributed by atoms with van der Waals surface area (Å²) in [5.41, 5.74) is 6.70. The first-order chi connectivity index (χ1) is 12.5. The molecule has 0 atom stereocenters. The molecular weight excluding hydrogens is 328 g/mol. The molecule has 0 aliphatic carbocycles. The van der Waals surface area contributed by atoms with E-state index in [0.29, 0.717) is 25.4 Å². The van der Waals surface area contributed by atoms with Crippen molar-refractivity contribution in [1.29, 1.82) is 0 Å². The topological polar surface area (TPSA) is 59.9 Å². The summed E-state index contributed by atoms with van der Waals surface area (Å²) < 4.78 is 11.1. The lowest BCUT2D eigenvalue weighted by Crippen LogP contribution is -2.19. The lowest BCUT2D eigenvalue weighted by molar-refractivity contribution is -0.120. The van der Waals surface area contributed by atoms with E-state index in [-0.39, 0.29) is 5.91 Å². The molecule has 26 heavy (non-hydrogen) atoms. The van der Waals surface area contributed by atoms with Crippen molar-refractivity contribution in [3.05, 3.63) is 58.7 Å². The van der Waals surface area contributed by atoms with Crippen LogP contribution in [0.2, 0.25) is 0 Å². The highest BCUT2D eigenvalue weighted by atomic mass is 16.5. The fraction of sp³-hybridized carbons (Fsp3) is 0.333. The number of ether oxygens (including phenoxy) is 2. The van der Waals surface area contributed by atoms with Crippen LogP contribution < -0.4 is 14.9 Å². The number of carbonyl (C=O) groups is 1. The Morgan fingerprint density at radius 2 is 1.81 bits per heavy atom. The van der Waals surface area contributed by atoms with E-state index in [1.165, 1.54) is 11.1 Å². The van der Waals surface area contributed by atoms with E-state index in [0.717, 1.165) is 16.9 Å². The molecule has 5 heteroatoms. The summed E-state index contributed by atoms with van der Waals surface area (Å²) in [5, 5.41) is 4.05. The average molecular weight is 354 g/mol. The molecule has 138 valence electrons. The Bertz CT molecular complexity index is 785. The lowest BCUT2D eigenvalue weighted by Gasteiger charge is -2.10. The number of hydrogen-bond donors (Lipinski definition) is 1. The van der Waals surface area contributed by atoms with Crippen molar-refractivity contribution in [1.82, 2.24) is 5.43 Å². The minimum Gasteiger partial charge on any atom is -0.494 e. The zero-order valence-electron chi connectivity index (χ0n) is 15.8. The van der Waals surface area contributed by atoms with Gasteiger partial charge in [-0.1, -0.05) is 18.2 Å². The molecule has 0 saturated heterocycles. The van der Waals surface area contributed by atoms with Gasteiger partial charge in [0, 0.05) is 11.6 Å². The first kappa shape index (κ1) is 19.5. The number of aryl methyl sites for hydroxylation is 2. The molecule has 0 bridgehead atoms. The molecule has 0 aliphatic heterocycles. The highest BCUT2D eigenvalue weighted by Gasteiger charge is 2.06. The van der Waals surface area contributed by atoms with Crippen LogP contribution >= 0.6 is 0 Å². The zero-order chi connectivity index (χ0) is 18.9. The summed E-state index contributed by atoms with van der Waals surface area (Å²) in [6.45, 7) is 9.07. The number of nitrogens with zero attached hydrogens (tertiary/aromatic N) is 1. The third-order valence-electron chi connectivity index (χ3n) is 3.92. The van der Waals surface area contributed by atoms with Crippen molar-refractivity contribution < 1.29 is 14.3 Å². The monoisotopic (exact) mass is 354 g/mol. The summed E-state index contributed by atoms with van der Waals surface area (Å²) in [7, 11) is 0. The predicted molar refractivity (Wildman–Crippen MR) is 104 cm³/mol. The second-order valence-electron chi connectivity index (χ2n) is 5.95. The van der Waals surface area contributed by atoms with Crippen LogP contribution in [0.1, 0.15) is 36.1 Å². The third kappa shape index (κ3) is 5.62. The first-order valence-electron chi connectivity index (χ1n) is 8.81. The molecule has 1 amide bonds. The van der Waals surface area contributed by atoms with Gasteiger partial charge in [0.05, 0.1) is 25.8 Å². The Labute approximate surface area is 155 Å². The number of rotatable bonds is 8. The van der Waals surface area contributed by atoms with Gasteiger partial charge < -0.3 is 9.47 Å². The predicted octanol–water partition coefficient (Wildman–Crippen LogP) is 3.79. The Morgan fingerprint density at radius 3 is 2.50 bits per heavy atom. The largest absolute Gasteiger partial charge is 0.494 e. The van der Waals surface area contributed by atoms with Gasteiger partial charge in [-0.05, 0) is 56.5 Å². The SMILES string of the molecule is CCOc1ccc(/C=N\NC(=O)Cc2ccc(C)c(C)c2)c(OCC)c1. The molecule has 2 rings (SSSR count). The van der Waals surface area contributed by atoms with Crippen LogP contribution in [0.3, 0.4) is 0 Å². The molecule has 0 aromatic heterocycles. The Hall–Kier alpha value is -2.82. The molecule has 2 aromatic rings. The van der Waals surface area contributed by atoms with Crippen LogP contribution in [0, 0.1) is 13.8 Å². The third-order valence-corrected chi connectivity index (χ3v) is 3.92. The van der Waals surface area contributed by atoms with Crippen LogP contribution in [0.4, 0.5) is 0 Å². The van der Waals surface area contributed by atoms with E-state index in [4.69, 9.17) is 9.47 Å². The van der Waals surface area contributed by atoms with Gasteiger partial charge in [-0.15, -0.1) is 0 Å². The minimum atomic E-state index is -0.159. The highest BCUT2D eigenvalue weighted by molar-refractivity contribution is 5.86. The van der Waals surface area contributed by atoms with Gasteiger partial charge in [-0.3, -0.25) is 4.79 Å². The van der Waals surface area contributed by atoms with E-state index >= 15 is 0 Å². The summed E-state index contributed by atoms with van der Waals surface area (Å²) in [6.07, 6.45) is 1.87. The minimum absolute atomic E-state index is 0.159. The molecule has 0 saturated carbocycles. The zero-order valence-corrected chi connectivity index (χ0v) is 15.8. The number of amides is 1. The highest BCUT2D eigenvalue weighted by Crippen LogP contribution is 2.24. The average Bonchev–Trinajstić information content (AvgIpc) is 2.60. The molecule has 0 radical (unpaired) electrons. The van der Waals surface area contributed by atoms with E-state index in [2.05, 4.69) is 17.5 Å². The summed E-state index contributed by atoms with van der Waals surface area (Å²) >= 11 is 0. The summed E-state index contributed by atoms with van der Waals surface area (Å²) in [5.74, 6) is 1.26. The quantitative estimate of drug-likeness (QED) is 0.579. The molecule has 0 fully saturated rings. The molecule has 5 nitrogen and oxygen atoms in total. The van der Waals surface area contributed by atoms with Crippen molar-refractivity contribution in [2.75, 3.05) is 13.2 Å². The molecular formula is C21H26N2O3. The fourth-order valence-electron chi connectivity index (χ4n) is 2.47. The Balaban J connectivity index is 2.00. The molecule has 0 spiro atoms. The maximum absolute atomic E-state index is 12.1. The molecule has 0 unspecified atom stereocenters. The van der Waals surface area contributed by atoms with Crippen LogP contribution in [0.5, 0.6) is 11.5 Å². The number of hydrazone groups is 1. The van der Waals surface area contributed by atoms with Crippen LogP contribution in [0.25, 0.3) is 0 Å². The van der Waals surface area contributed by atoms with Gasteiger partial charge in [-0.2, -0.15) is 5.10 Å². The van der Waals surface area contributed by atoms with Gasteiger partial charge in [0.25, 0.3) is 0 Å². The second-order valence-corrected chi connectivity index (χ2v) is 5.95. The van der Waals surface area contributed by atoms with Crippen molar-refractivity contribution in [2.45, 2.75) is 34.1 Å². The summed E-state index contributed by atoms with van der Waals surface area (Å²) in [4.78, 5) is 12.1. The number of benzene rings is 2. The van der Waals surface area contributed by atoms with E-state index in [1.54, 1.807) is 6.21 Å². The van der Waals surface area contributed by atoms with Gasteiger partial charge >= 0.3 is 0 Å². The van der Waals surface area contributed by atoms with Gasteiger partial charge in [0.15, 0.2) is 0 Å². The van der Waals surface area contributed by atoms with Crippen LogP contribution in [0.15, 0.2) is 41.5 Å². The van der Waals surface area contributed by atoms with Gasteiger partial charge in [-0.25, -0.2) is 5.43 Å². The number of nitrogens with one attached hydrogen (secondary N) is 1. The smallest absolute Gasteiger partial charge is 0.244 e. The Kier molecular flexibility index (Phi) is 7.21. The Morgan fingerprint density at radius 1 is 1.04 bits per heavy atom.